The van der Waals surface area contributed by atoms with E-state index >= 15 is 0 Å². The molecule has 0 unspecified atom stereocenters. The summed E-state index contributed by atoms with van der Waals surface area (Å²) in [5, 5.41) is 4.68. The fraction of sp³-hybridized carbons (Fsp3) is 0.412. The number of rotatable bonds is 6. The highest BCUT2D eigenvalue weighted by atomic mass is 35.5. The lowest BCUT2D eigenvalue weighted by atomic mass is 10.2. The Morgan fingerprint density at radius 2 is 1.91 bits per heavy atom. The number of morpholine rings is 1. The summed E-state index contributed by atoms with van der Waals surface area (Å²) in [6, 6.07) is 9.26. The van der Waals surface area contributed by atoms with Gasteiger partial charge in [0.15, 0.2) is 0 Å². The zero-order valence-corrected chi connectivity index (χ0v) is 14.4. The van der Waals surface area contributed by atoms with Crippen molar-refractivity contribution in [1.82, 2.24) is 10.2 Å². The maximum absolute atomic E-state index is 6.20. The van der Waals surface area contributed by atoms with Crippen molar-refractivity contribution in [1.29, 1.82) is 0 Å². The second-order valence-corrected chi connectivity index (χ2v) is 6.36. The van der Waals surface area contributed by atoms with Gasteiger partial charge in [0.25, 0.3) is 0 Å². The first-order chi connectivity index (χ1) is 11.2. The molecule has 4 nitrogen and oxygen atoms in total. The van der Waals surface area contributed by atoms with Crippen LogP contribution in [0.25, 0.3) is 11.3 Å². The summed E-state index contributed by atoms with van der Waals surface area (Å²) in [6.45, 7) is 6.34. The van der Waals surface area contributed by atoms with Gasteiger partial charge in [-0.15, -0.1) is 0 Å². The minimum Gasteiger partial charge on any atom is -0.460 e. The predicted octanol–water partition coefficient (Wildman–Crippen LogP) is 3.68. The number of ether oxygens (including phenoxy) is 1. The van der Waals surface area contributed by atoms with E-state index in [0.29, 0.717) is 16.6 Å². The lowest BCUT2D eigenvalue weighted by molar-refractivity contribution is 0.0383. The van der Waals surface area contributed by atoms with Gasteiger partial charge in [-0.05, 0) is 30.3 Å². The molecule has 2 heterocycles. The van der Waals surface area contributed by atoms with Crippen LogP contribution in [-0.4, -0.2) is 44.3 Å². The summed E-state index contributed by atoms with van der Waals surface area (Å²) in [4.78, 5) is 2.40. The van der Waals surface area contributed by atoms with Crippen molar-refractivity contribution >= 4 is 23.2 Å². The van der Waals surface area contributed by atoms with Gasteiger partial charge in [0, 0.05) is 36.8 Å². The Kier molecular flexibility index (Phi) is 5.97. The van der Waals surface area contributed by atoms with Crippen molar-refractivity contribution in [3.63, 3.8) is 0 Å². The average molecular weight is 355 g/mol. The Hall–Kier alpha value is -1.04. The van der Waals surface area contributed by atoms with Crippen molar-refractivity contribution in [2.45, 2.75) is 6.54 Å². The van der Waals surface area contributed by atoms with E-state index in [9.17, 15) is 0 Å². The maximum Gasteiger partial charge on any atom is 0.135 e. The predicted molar refractivity (Wildman–Crippen MR) is 93.1 cm³/mol. The highest BCUT2D eigenvalue weighted by molar-refractivity contribution is 6.35. The first-order valence-electron chi connectivity index (χ1n) is 7.77. The van der Waals surface area contributed by atoms with Gasteiger partial charge in [-0.3, -0.25) is 4.90 Å². The van der Waals surface area contributed by atoms with Gasteiger partial charge in [0.05, 0.1) is 24.8 Å². The number of hydrogen-bond acceptors (Lipinski definition) is 4. The maximum atomic E-state index is 6.20. The van der Waals surface area contributed by atoms with Crippen LogP contribution >= 0.6 is 23.2 Å². The summed E-state index contributed by atoms with van der Waals surface area (Å²) >= 11 is 12.2. The van der Waals surface area contributed by atoms with Crippen molar-refractivity contribution < 1.29 is 9.15 Å². The Morgan fingerprint density at radius 3 is 2.74 bits per heavy atom. The van der Waals surface area contributed by atoms with E-state index in [0.717, 1.165) is 56.5 Å². The van der Waals surface area contributed by atoms with Crippen LogP contribution in [0.4, 0.5) is 0 Å². The fourth-order valence-corrected chi connectivity index (χ4v) is 2.96. The summed E-state index contributed by atoms with van der Waals surface area (Å²) in [5.41, 5.74) is 0.818. The molecule has 1 aliphatic heterocycles. The van der Waals surface area contributed by atoms with Crippen LogP contribution in [0.5, 0.6) is 0 Å². The molecule has 0 amide bonds. The van der Waals surface area contributed by atoms with Crippen molar-refractivity contribution in [3.05, 3.63) is 46.1 Å². The third-order valence-corrected chi connectivity index (χ3v) is 4.43. The van der Waals surface area contributed by atoms with Crippen LogP contribution in [-0.2, 0) is 11.3 Å². The molecule has 0 spiro atoms. The van der Waals surface area contributed by atoms with E-state index in [2.05, 4.69) is 10.2 Å². The summed E-state index contributed by atoms with van der Waals surface area (Å²) < 4.78 is 11.2. The molecule has 1 fully saturated rings. The van der Waals surface area contributed by atoms with Crippen molar-refractivity contribution in [3.8, 4) is 11.3 Å². The Balaban J connectivity index is 1.50. The number of benzene rings is 1. The third-order valence-electron chi connectivity index (χ3n) is 3.86. The molecule has 1 aliphatic rings. The lowest BCUT2D eigenvalue weighted by Gasteiger charge is -2.26. The van der Waals surface area contributed by atoms with Gasteiger partial charge in [-0.2, -0.15) is 0 Å². The molecule has 0 saturated carbocycles. The molecule has 0 radical (unpaired) electrons. The number of furan rings is 1. The SMILES string of the molecule is Clc1ccc(Cl)c(-c2ccc(CNCCN3CCOCC3)o2)c1. The number of hydrogen-bond donors (Lipinski definition) is 1. The molecule has 23 heavy (non-hydrogen) atoms. The molecule has 1 N–H and O–H groups in total. The topological polar surface area (TPSA) is 37.6 Å². The highest BCUT2D eigenvalue weighted by Gasteiger charge is 2.11. The molecule has 0 bridgehead atoms. The molecule has 1 aromatic carbocycles. The number of nitrogens with zero attached hydrogens (tertiary/aromatic N) is 1. The molecule has 124 valence electrons. The average Bonchev–Trinajstić information content (AvgIpc) is 3.03. The van der Waals surface area contributed by atoms with E-state index < -0.39 is 0 Å². The highest BCUT2D eigenvalue weighted by Crippen LogP contribution is 2.31. The van der Waals surface area contributed by atoms with Crippen LogP contribution in [0, 0.1) is 0 Å². The van der Waals surface area contributed by atoms with E-state index in [-0.39, 0.29) is 0 Å². The van der Waals surface area contributed by atoms with Gasteiger partial charge in [-0.25, -0.2) is 0 Å². The summed E-state index contributed by atoms with van der Waals surface area (Å²) in [7, 11) is 0. The molecular weight excluding hydrogens is 335 g/mol. The normalized spacial score (nSPS) is 15.9. The Morgan fingerprint density at radius 1 is 1.09 bits per heavy atom. The summed E-state index contributed by atoms with van der Waals surface area (Å²) in [5.74, 6) is 1.63. The van der Waals surface area contributed by atoms with Gasteiger partial charge in [0.1, 0.15) is 11.5 Å². The minimum absolute atomic E-state index is 0.635. The lowest BCUT2D eigenvalue weighted by Crippen LogP contribution is -2.40. The zero-order chi connectivity index (χ0) is 16.1. The van der Waals surface area contributed by atoms with Gasteiger partial charge in [-0.1, -0.05) is 23.2 Å². The smallest absolute Gasteiger partial charge is 0.135 e. The van der Waals surface area contributed by atoms with Crippen molar-refractivity contribution in [2.24, 2.45) is 0 Å². The monoisotopic (exact) mass is 354 g/mol. The first kappa shape index (κ1) is 16.8. The van der Waals surface area contributed by atoms with Crippen LogP contribution < -0.4 is 5.32 Å². The van der Waals surface area contributed by atoms with Gasteiger partial charge < -0.3 is 14.5 Å². The molecule has 3 rings (SSSR count). The van der Waals surface area contributed by atoms with Gasteiger partial charge >= 0.3 is 0 Å². The van der Waals surface area contributed by atoms with E-state index in [1.54, 1.807) is 12.1 Å². The standard InChI is InChI=1S/C17H20Cl2N2O2/c18-13-1-3-16(19)15(11-13)17-4-2-14(23-17)12-20-5-6-21-7-9-22-10-8-21/h1-4,11,20H,5-10,12H2. The molecule has 1 saturated heterocycles. The second-order valence-electron chi connectivity index (χ2n) is 5.52. The fourth-order valence-electron chi connectivity index (χ4n) is 2.58. The second kappa shape index (κ2) is 8.18. The molecule has 0 aliphatic carbocycles. The molecular formula is C17H20Cl2N2O2. The molecule has 0 atom stereocenters. The zero-order valence-electron chi connectivity index (χ0n) is 12.9. The summed E-state index contributed by atoms with van der Waals surface area (Å²) in [6.07, 6.45) is 0. The Labute approximate surface area is 146 Å². The van der Waals surface area contributed by atoms with E-state index in [1.807, 2.05) is 18.2 Å². The van der Waals surface area contributed by atoms with Crippen LogP contribution in [0.1, 0.15) is 5.76 Å². The van der Waals surface area contributed by atoms with Gasteiger partial charge in [0.2, 0.25) is 0 Å². The first-order valence-corrected chi connectivity index (χ1v) is 8.53. The minimum atomic E-state index is 0.635. The molecule has 1 aromatic heterocycles. The number of halogens is 2. The van der Waals surface area contributed by atoms with E-state index in [1.165, 1.54) is 0 Å². The Bertz CT molecular complexity index is 639. The molecule has 2 aromatic rings. The third kappa shape index (κ3) is 4.72. The quantitative estimate of drug-likeness (QED) is 0.803. The van der Waals surface area contributed by atoms with E-state index in [4.69, 9.17) is 32.4 Å². The van der Waals surface area contributed by atoms with Crippen molar-refractivity contribution in [2.75, 3.05) is 39.4 Å². The molecule has 6 heteroatoms. The number of nitrogens with one attached hydrogen (secondary N) is 1. The van der Waals surface area contributed by atoms with Crippen LogP contribution in [0.2, 0.25) is 10.0 Å². The largest absolute Gasteiger partial charge is 0.460 e. The van der Waals surface area contributed by atoms with Crippen LogP contribution in [0.3, 0.4) is 0 Å². The van der Waals surface area contributed by atoms with Crippen LogP contribution in [0.15, 0.2) is 34.7 Å².